The Balaban J connectivity index is -0.000000154. The van der Waals surface area contributed by atoms with E-state index < -0.39 is 0 Å². The van der Waals surface area contributed by atoms with Crippen molar-refractivity contribution in [1.82, 2.24) is 24.9 Å². The second-order valence-electron chi connectivity index (χ2n) is 11.2. The molecule has 3 rings (SSSR count). The first-order valence-electron chi connectivity index (χ1n) is 17.4. The molecule has 45 heavy (non-hydrogen) atoms. The van der Waals surface area contributed by atoms with Crippen LogP contribution in [-0.4, -0.2) is 24.9 Å². The Labute approximate surface area is 307 Å². The number of unbranched alkanes of at least 4 members (excludes halogenated alkanes) is 1. The van der Waals surface area contributed by atoms with Crippen molar-refractivity contribution in [2.75, 3.05) is 0 Å². The normalized spacial score (nSPS) is 9.33. The Hall–Kier alpha value is -1.59. The second kappa shape index (κ2) is 35.3. The maximum atomic E-state index is 4.40. The first-order chi connectivity index (χ1) is 20.9. The van der Waals surface area contributed by atoms with E-state index in [1.54, 1.807) is 18.7 Å². The van der Waals surface area contributed by atoms with Crippen LogP contribution in [0.2, 0.25) is 0 Å². The number of rotatable bonds is 6. The molecule has 3 heterocycles. The van der Waals surface area contributed by atoms with Gasteiger partial charge in [0.2, 0.25) is 0 Å². The van der Waals surface area contributed by atoms with Crippen LogP contribution in [0.25, 0.3) is 0 Å². The number of aryl methyl sites for hydroxylation is 1. The van der Waals surface area contributed by atoms with Gasteiger partial charge in [-0.05, 0) is 53.7 Å². The molecule has 0 aliphatic carbocycles. The summed E-state index contributed by atoms with van der Waals surface area (Å²) in [7, 11) is 0. The van der Waals surface area contributed by atoms with E-state index in [0.29, 0.717) is 29.6 Å². The monoisotopic (exact) mass is 700 g/mol. The molecule has 5 nitrogen and oxygen atoms in total. The van der Waals surface area contributed by atoms with Crippen LogP contribution in [-0.2, 0) is 32.7 Å². The van der Waals surface area contributed by atoms with Crippen LogP contribution >= 0.6 is 0 Å². The third kappa shape index (κ3) is 25.2. The molecule has 6 heteroatoms. The Morgan fingerprint density at radius 2 is 0.889 bits per heavy atom. The second-order valence-corrected chi connectivity index (χ2v) is 11.2. The van der Waals surface area contributed by atoms with Crippen LogP contribution in [0.3, 0.4) is 0 Å². The van der Waals surface area contributed by atoms with Crippen molar-refractivity contribution in [3.05, 3.63) is 77.2 Å². The van der Waals surface area contributed by atoms with Gasteiger partial charge in [0.05, 0.1) is 11.4 Å². The molecular formula is C39H73N5Y. The zero-order valence-electron chi connectivity index (χ0n) is 33.2. The number of pyridine rings is 1. The maximum Gasteiger partial charge on any atom is 0.115 e. The zero-order chi connectivity index (χ0) is 35.3. The Morgan fingerprint density at radius 3 is 1.16 bits per heavy atom. The minimum atomic E-state index is 0. The van der Waals surface area contributed by atoms with E-state index in [-0.39, 0.29) is 32.7 Å². The summed E-state index contributed by atoms with van der Waals surface area (Å²) in [5.74, 6) is 2.55. The van der Waals surface area contributed by atoms with Gasteiger partial charge in [-0.1, -0.05) is 144 Å². The molecule has 0 saturated carbocycles. The van der Waals surface area contributed by atoms with Crippen molar-refractivity contribution >= 4 is 0 Å². The van der Waals surface area contributed by atoms with E-state index in [1.807, 2.05) is 66.9 Å². The first kappa shape index (κ1) is 52.9. The summed E-state index contributed by atoms with van der Waals surface area (Å²) in [5, 5.41) is 0. The first-order valence-corrected chi connectivity index (χ1v) is 17.4. The Bertz CT molecular complexity index is 906. The fraction of sp³-hybridized carbons (Fsp3) is 0.667. The molecule has 1 radical (unpaired) electrons. The number of hydrogen-bond donors (Lipinski definition) is 0. The minimum Gasteiger partial charge on any atom is -0.261 e. The quantitative estimate of drug-likeness (QED) is 0.256. The standard InChI is InChI=1S/C11H17N.C10H16N2.C8H12N2.C4H10.3C2H6.Y/c1-8(2)10-6-5-7-12-11(10)9(3)4;1-7(2)9-10(8(3)4)12-6-5-11-9;1-6(2)8-7(3)4-9-5-10-8;1-3-4-2;3*1-2;/h5-9H,1-4H3;5-8H,1-4H3;4-6H,1-3H3;3-4H2,1-2H3;3*1-2H3;. The summed E-state index contributed by atoms with van der Waals surface area (Å²) < 4.78 is 0. The fourth-order valence-electron chi connectivity index (χ4n) is 3.66. The maximum absolute atomic E-state index is 4.40. The molecular weight excluding hydrogens is 627 g/mol. The van der Waals surface area contributed by atoms with E-state index in [9.17, 15) is 0 Å². The van der Waals surface area contributed by atoms with Crippen molar-refractivity contribution in [3.63, 3.8) is 0 Å². The topological polar surface area (TPSA) is 64.5 Å². The summed E-state index contributed by atoms with van der Waals surface area (Å²) in [6.45, 7) is 40.1. The third-order valence-corrected chi connectivity index (χ3v) is 5.87. The Kier molecular flexibility index (Phi) is 41.5. The summed E-state index contributed by atoms with van der Waals surface area (Å²) in [6.07, 6.45) is 11.5. The molecule has 0 amide bonds. The number of hydrogen-bond acceptors (Lipinski definition) is 5. The van der Waals surface area contributed by atoms with Crippen LogP contribution in [0, 0.1) is 6.92 Å². The predicted octanol–water partition coefficient (Wildman–Crippen LogP) is 12.8. The molecule has 0 aromatic carbocycles. The van der Waals surface area contributed by atoms with Crippen LogP contribution in [0.1, 0.15) is 201 Å². The molecule has 257 valence electrons. The molecule has 0 N–H and O–H groups in total. The third-order valence-electron chi connectivity index (χ3n) is 5.87. The molecule has 0 bridgehead atoms. The van der Waals surface area contributed by atoms with Gasteiger partial charge in [0.1, 0.15) is 6.33 Å². The molecule has 3 aromatic heterocycles. The van der Waals surface area contributed by atoms with Gasteiger partial charge < -0.3 is 0 Å². The SMILES string of the molecule is CC.CC.CC.CC(C)c1cccnc1C(C)C.CC(C)c1nccnc1C(C)C.CCCC.Cc1cncnc1C(C)C.[Y]. The minimum absolute atomic E-state index is 0. The van der Waals surface area contributed by atoms with Crippen LogP contribution in [0.15, 0.2) is 43.2 Å². The van der Waals surface area contributed by atoms with E-state index in [4.69, 9.17) is 0 Å². The van der Waals surface area contributed by atoms with Gasteiger partial charge in [0.15, 0.2) is 0 Å². The fourth-order valence-corrected chi connectivity index (χ4v) is 3.66. The summed E-state index contributed by atoms with van der Waals surface area (Å²) in [6, 6.07) is 4.19. The molecule has 0 saturated heterocycles. The van der Waals surface area contributed by atoms with Gasteiger partial charge in [0, 0.05) is 68.9 Å². The largest absolute Gasteiger partial charge is 0.261 e. The van der Waals surface area contributed by atoms with Crippen LogP contribution in [0.4, 0.5) is 0 Å². The summed E-state index contributed by atoms with van der Waals surface area (Å²) in [5.41, 5.74) is 7.22. The van der Waals surface area contributed by atoms with Gasteiger partial charge in [0.25, 0.3) is 0 Å². The molecule has 0 aliphatic heterocycles. The van der Waals surface area contributed by atoms with Gasteiger partial charge in [-0.3, -0.25) is 15.0 Å². The van der Waals surface area contributed by atoms with Crippen LogP contribution in [0.5, 0.6) is 0 Å². The molecule has 0 fully saturated rings. The van der Waals surface area contributed by atoms with Gasteiger partial charge in [-0.25, -0.2) is 9.97 Å². The molecule has 3 aromatic rings. The van der Waals surface area contributed by atoms with E-state index in [0.717, 1.165) is 17.1 Å². The molecule has 0 unspecified atom stereocenters. The average Bonchev–Trinajstić information content (AvgIpc) is 3.04. The van der Waals surface area contributed by atoms with Crippen molar-refractivity contribution in [2.24, 2.45) is 0 Å². The molecule has 0 spiro atoms. The van der Waals surface area contributed by atoms with Crippen molar-refractivity contribution in [3.8, 4) is 0 Å². The molecule has 0 aliphatic rings. The van der Waals surface area contributed by atoms with E-state index in [1.165, 1.54) is 29.7 Å². The van der Waals surface area contributed by atoms with E-state index in [2.05, 4.69) is 114 Å². The van der Waals surface area contributed by atoms with Crippen molar-refractivity contribution < 1.29 is 32.7 Å². The van der Waals surface area contributed by atoms with Gasteiger partial charge >= 0.3 is 0 Å². The number of nitrogens with zero attached hydrogens (tertiary/aromatic N) is 5. The smallest absolute Gasteiger partial charge is 0.115 e. The van der Waals surface area contributed by atoms with Crippen LogP contribution < -0.4 is 0 Å². The zero-order valence-corrected chi connectivity index (χ0v) is 36.0. The van der Waals surface area contributed by atoms with Gasteiger partial charge in [-0.2, -0.15) is 0 Å². The molecule has 0 atom stereocenters. The number of aromatic nitrogens is 5. The summed E-state index contributed by atoms with van der Waals surface area (Å²) in [4.78, 5) is 21.2. The Morgan fingerprint density at radius 1 is 0.511 bits per heavy atom. The van der Waals surface area contributed by atoms with Gasteiger partial charge in [-0.15, -0.1) is 0 Å². The predicted molar refractivity (Wildman–Crippen MR) is 198 cm³/mol. The van der Waals surface area contributed by atoms with E-state index >= 15 is 0 Å². The summed E-state index contributed by atoms with van der Waals surface area (Å²) >= 11 is 0. The van der Waals surface area contributed by atoms with Crippen molar-refractivity contribution in [2.45, 2.75) is 174 Å². The van der Waals surface area contributed by atoms with Crippen molar-refractivity contribution in [1.29, 1.82) is 0 Å². The average molecular weight is 701 g/mol.